The summed E-state index contributed by atoms with van der Waals surface area (Å²) in [6, 6.07) is 10.6. The minimum atomic E-state index is 0.254. The minimum Gasteiger partial charge on any atom is -0.342 e. The SMILES string of the molecule is Cc1cc(C)n(CC2CCN(C(=O)Cc3ccc(SC(C)C)cc3)CC2)n1. The van der Waals surface area contributed by atoms with Crippen molar-refractivity contribution in [3.05, 3.63) is 47.3 Å². The predicted molar refractivity (Wildman–Crippen MR) is 112 cm³/mol. The first-order valence-corrected chi connectivity index (χ1v) is 10.8. The molecule has 4 nitrogen and oxygen atoms in total. The summed E-state index contributed by atoms with van der Waals surface area (Å²) in [6.07, 6.45) is 2.64. The van der Waals surface area contributed by atoms with Crippen LogP contribution in [-0.2, 0) is 17.8 Å². The number of nitrogens with zero attached hydrogens (tertiary/aromatic N) is 3. The molecule has 0 N–H and O–H groups in total. The molecule has 0 spiro atoms. The lowest BCUT2D eigenvalue weighted by Gasteiger charge is -2.32. The van der Waals surface area contributed by atoms with E-state index in [1.807, 2.05) is 23.6 Å². The van der Waals surface area contributed by atoms with Gasteiger partial charge in [0.15, 0.2) is 0 Å². The van der Waals surface area contributed by atoms with E-state index in [0.717, 1.165) is 43.7 Å². The van der Waals surface area contributed by atoms with E-state index in [1.165, 1.54) is 10.6 Å². The second-order valence-corrected chi connectivity index (χ2v) is 9.57. The molecule has 1 saturated heterocycles. The molecule has 0 unspecified atom stereocenters. The summed E-state index contributed by atoms with van der Waals surface area (Å²) < 4.78 is 2.12. The third kappa shape index (κ3) is 5.61. The first-order valence-electron chi connectivity index (χ1n) is 9.95. The normalized spacial score (nSPS) is 15.5. The summed E-state index contributed by atoms with van der Waals surface area (Å²) in [5, 5.41) is 5.15. The van der Waals surface area contributed by atoms with Crippen molar-refractivity contribution in [2.24, 2.45) is 5.92 Å². The third-order valence-electron chi connectivity index (χ3n) is 5.15. The van der Waals surface area contributed by atoms with Gasteiger partial charge >= 0.3 is 0 Å². The maximum Gasteiger partial charge on any atom is 0.226 e. The number of aromatic nitrogens is 2. The van der Waals surface area contributed by atoms with Crippen LogP contribution < -0.4 is 0 Å². The molecule has 146 valence electrons. The van der Waals surface area contributed by atoms with Crippen LogP contribution in [0.1, 0.15) is 43.6 Å². The van der Waals surface area contributed by atoms with Crippen LogP contribution in [0, 0.1) is 19.8 Å². The number of hydrogen-bond donors (Lipinski definition) is 0. The van der Waals surface area contributed by atoms with Crippen molar-refractivity contribution in [3.63, 3.8) is 0 Å². The molecule has 3 rings (SSSR count). The van der Waals surface area contributed by atoms with Crippen molar-refractivity contribution in [2.45, 2.75) is 63.6 Å². The van der Waals surface area contributed by atoms with Crippen molar-refractivity contribution in [1.29, 1.82) is 0 Å². The lowest BCUT2D eigenvalue weighted by molar-refractivity contribution is -0.131. The fourth-order valence-electron chi connectivity index (χ4n) is 3.71. The van der Waals surface area contributed by atoms with Crippen LogP contribution in [0.4, 0.5) is 0 Å². The number of piperidine rings is 1. The molecule has 0 atom stereocenters. The summed E-state index contributed by atoms with van der Waals surface area (Å²) >= 11 is 1.85. The van der Waals surface area contributed by atoms with Crippen molar-refractivity contribution >= 4 is 17.7 Å². The van der Waals surface area contributed by atoms with Crippen LogP contribution in [0.3, 0.4) is 0 Å². The van der Waals surface area contributed by atoms with Gasteiger partial charge in [0, 0.05) is 35.5 Å². The van der Waals surface area contributed by atoms with Gasteiger partial charge in [0.25, 0.3) is 0 Å². The number of carbonyl (C=O) groups excluding carboxylic acids is 1. The standard InChI is InChI=1S/C22H31N3OS/c1-16(2)27-21-7-5-19(6-8-21)14-22(26)24-11-9-20(10-12-24)15-25-18(4)13-17(3)23-25/h5-8,13,16,20H,9-12,14-15H2,1-4H3. The molecule has 0 bridgehead atoms. The van der Waals surface area contributed by atoms with Crippen molar-refractivity contribution in [2.75, 3.05) is 13.1 Å². The van der Waals surface area contributed by atoms with Crippen molar-refractivity contribution < 1.29 is 4.79 Å². The number of carbonyl (C=O) groups is 1. The molecule has 1 fully saturated rings. The van der Waals surface area contributed by atoms with Crippen molar-refractivity contribution in [1.82, 2.24) is 14.7 Å². The van der Waals surface area contributed by atoms with Gasteiger partial charge in [-0.1, -0.05) is 26.0 Å². The molecular weight excluding hydrogens is 354 g/mol. The van der Waals surface area contributed by atoms with Crippen LogP contribution in [-0.4, -0.2) is 38.9 Å². The summed E-state index contributed by atoms with van der Waals surface area (Å²) in [6.45, 7) is 11.2. The van der Waals surface area contributed by atoms with Gasteiger partial charge in [0.05, 0.1) is 12.1 Å². The highest BCUT2D eigenvalue weighted by atomic mass is 32.2. The number of likely N-dealkylation sites (tertiary alicyclic amines) is 1. The predicted octanol–water partition coefficient (Wildman–Crippen LogP) is 4.48. The summed E-state index contributed by atoms with van der Waals surface area (Å²) in [7, 11) is 0. The topological polar surface area (TPSA) is 38.1 Å². The van der Waals surface area contributed by atoms with E-state index in [1.54, 1.807) is 0 Å². The first-order chi connectivity index (χ1) is 12.9. The van der Waals surface area contributed by atoms with Crippen LogP contribution in [0.2, 0.25) is 0 Å². The molecule has 27 heavy (non-hydrogen) atoms. The average Bonchev–Trinajstić information content (AvgIpc) is 2.94. The number of aryl methyl sites for hydroxylation is 2. The highest BCUT2D eigenvalue weighted by Gasteiger charge is 2.23. The first kappa shape index (κ1) is 20.0. The zero-order valence-corrected chi connectivity index (χ0v) is 17.8. The summed E-state index contributed by atoms with van der Waals surface area (Å²) in [5.74, 6) is 0.864. The van der Waals surface area contributed by atoms with Gasteiger partial charge < -0.3 is 4.90 Å². The fourth-order valence-corrected chi connectivity index (χ4v) is 4.55. The maximum atomic E-state index is 12.7. The Bertz CT molecular complexity index is 758. The van der Waals surface area contributed by atoms with Crippen LogP contribution in [0.5, 0.6) is 0 Å². The maximum absolute atomic E-state index is 12.7. The van der Waals surface area contributed by atoms with E-state index in [4.69, 9.17) is 0 Å². The van der Waals surface area contributed by atoms with Gasteiger partial charge in [-0.3, -0.25) is 9.48 Å². The van der Waals surface area contributed by atoms with E-state index in [-0.39, 0.29) is 5.91 Å². The highest BCUT2D eigenvalue weighted by Crippen LogP contribution is 2.24. The zero-order chi connectivity index (χ0) is 19.4. The number of amides is 1. The van der Waals surface area contributed by atoms with Gasteiger partial charge in [-0.2, -0.15) is 5.10 Å². The van der Waals surface area contributed by atoms with Gasteiger partial charge in [-0.15, -0.1) is 11.8 Å². The molecule has 1 aromatic carbocycles. The molecule has 0 saturated carbocycles. The molecule has 1 aromatic heterocycles. The van der Waals surface area contributed by atoms with E-state index >= 15 is 0 Å². The Morgan fingerprint density at radius 3 is 2.41 bits per heavy atom. The van der Waals surface area contributed by atoms with Crippen LogP contribution >= 0.6 is 11.8 Å². The Hall–Kier alpha value is -1.75. The smallest absolute Gasteiger partial charge is 0.226 e. The van der Waals surface area contributed by atoms with Crippen LogP contribution in [0.25, 0.3) is 0 Å². The Kier molecular flexibility index (Phi) is 6.64. The molecule has 0 radical (unpaired) electrons. The minimum absolute atomic E-state index is 0.254. The summed E-state index contributed by atoms with van der Waals surface area (Å²) in [4.78, 5) is 16.0. The molecule has 0 aliphatic carbocycles. The molecule has 5 heteroatoms. The van der Waals surface area contributed by atoms with E-state index < -0.39 is 0 Å². The largest absolute Gasteiger partial charge is 0.342 e. The third-order valence-corrected chi connectivity index (χ3v) is 6.17. The molecular formula is C22H31N3OS. The lowest BCUT2D eigenvalue weighted by Crippen LogP contribution is -2.40. The second kappa shape index (κ2) is 8.96. The number of rotatable bonds is 6. The Morgan fingerprint density at radius 2 is 1.85 bits per heavy atom. The van der Waals surface area contributed by atoms with Crippen molar-refractivity contribution in [3.8, 4) is 0 Å². The second-order valence-electron chi connectivity index (χ2n) is 7.92. The Morgan fingerprint density at radius 1 is 1.19 bits per heavy atom. The van der Waals surface area contributed by atoms with Gasteiger partial charge in [-0.25, -0.2) is 0 Å². The van der Waals surface area contributed by atoms with E-state index in [9.17, 15) is 4.79 Å². The van der Waals surface area contributed by atoms with Gasteiger partial charge in [-0.05, 0) is 56.4 Å². The zero-order valence-electron chi connectivity index (χ0n) is 16.9. The number of hydrogen-bond acceptors (Lipinski definition) is 3. The quantitative estimate of drug-likeness (QED) is 0.688. The molecule has 1 aliphatic rings. The molecule has 1 aliphatic heterocycles. The monoisotopic (exact) mass is 385 g/mol. The summed E-state index contributed by atoms with van der Waals surface area (Å²) in [5.41, 5.74) is 3.42. The fraction of sp³-hybridized carbons (Fsp3) is 0.545. The van der Waals surface area contributed by atoms with Crippen LogP contribution in [0.15, 0.2) is 35.2 Å². The van der Waals surface area contributed by atoms with E-state index in [0.29, 0.717) is 17.6 Å². The highest BCUT2D eigenvalue weighted by molar-refractivity contribution is 7.99. The lowest BCUT2D eigenvalue weighted by atomic mass is 9.96. The van der Waals surface area contributed by atoms with Gasteiger partial charge in [0.1, 0.15) is 0 Å². The molecule has 2 aromatic rings. The molecule has 2 heterocycles. The van der Waals surface area contributed by atoms with Gasteiger partial charge in [0.2, 0.25) is 5.91 Å². The molecule has 1 amide bonds. The average molecular weight is 386 g/mol. The Labute approximate surface area is 167 Å². The van der Waals surface area contributed by atoms with E-state index in [2.05, 4.69) is 60.9 Å². The number of thioether (sulfide) groups is 1. The number of benzene rings is 1. The Balaban J connectivity index is 1.47.